The first-order valence-electron chi connectivity index (χ1n) is 5.81. The minimum atomic E-state index is -1.36. The molecule has 0 spiro atoms. The van der Waals surface area contributed by atoms with E-state index in [-0.39, 0.29) is 5.56 Å². The Morgan fingerprint density at radius 2 is 2.35 bits per heavy atom. The molecular formula is C12H11N3O5. The van der Waals surface area contributed by atoms with Crippen LogP contribution in [0.2, 0.25) is 0 Å². The van der Waals surface area contributed by atoms with Gasteiger partial charge in [-0.25, -0.2) is 4.79 Å². The molecule has 1 aliphatic heterocycles. The van der Waals surface area contributed by atoms with Gasteiger partial charge in [-0.05, 0) is 12.1 Å². The second-order valence-electron chi connectivity index (χ2n) is 4.20. The van der Waals surface area contributed by atoms with Crippen LogP contribution in [-0.4, -0.2) is 41.8 Å². The number of nitrogens with zero attached hydrogens (tertiary/aromatic N) is 3. The van der Waals surface area contributed by atoms with Crippen LogP contribution >= 0.6 is 0 Å². The standard InChI is InChI=1S/C12H11N3O5/c13-6-9-7-14(3-4-20-9)8-1-2-11(15(18)19)10(5-8)12(16)17/h1-2,5,9H,3-4,7H2,(H,16,17). The quantitative estimate of drug-likeness (QED) is 0.647. The van der Waals surface area contributed by atoms with Crippen molar-refractivity contribution in [3.8, 4) is 6.07 Å². The summed E-state index contributed by atoms with van der Waals surface area (Å²) in [6.07, 6.45) is -0.591. The van der Waals surface area contributed by atoms with Crippen molar-refractivity contribution in [2.45, 2.75) is 6.10 Å². The zero-order valence-electron chi connectivity index (χ0n) is 10.4. The molecule has 2 rings (SSSR count). The fourth-order valence-corrected chi connectivity index (χ4v) is 2.01. The summed E-state index contributed by atoms with van der Waals surface area (Å²) in [6, 6.07) is 5.87. The number of hydrogen-bond donors (Lipinski definition) is 1. The lowest BCUT2D eigenvalue weighted by molar-refractivity contribution is -0.385. The van der Waals surface area contributed by atoms with Crippen LogP contribution in [-0.2, 0) is 4.74 Å². The average molecular weight is 277 g/mol. The van der Waals surface area contributed by atoms with Gasteiger partial charge in [0.05, 0.1) is 24.1 Å². The second kappa shape index (κ2) is 5.54. The molecule has 1 atom stereocenters. The third kappa shape index (κ3) is 2.67. The zero-order chi connectivity index (χ0) is 14.7. The van der Waals surface area contributed by atoms with Gasteiger partial charge in [0.25, 0.3) is 5.69 Å². The molecule has 0 saturated carbocycles. The second-order valence-corrected chi connectivity index (χ2v) is 4.20. The van der Waals surface area contributed by atoms with Gasteiger partial charge in [0.2, 0.25) is 0 Å². The first-order valence-corrected chi connectivity index (χ1v) is 5.81. The van der Waals surface area contributed by atoms with Crippen LogP contribution in [0.3, 0.4) is 0 Å². The molecule has 1 unspecified atom stereocenters. The van der Waals surface area contributed by atoms with E-state index >= 15 is 0 Å². The summed E-state index contributed by atoms with van der Waals surface area (Å²) in [5.74, 6) is -1.36. The molecule has 1 aliphatic rings. The number of morpholine rings is 1. The smallest absolute Gasteiger partial charge is 0.342 e. The number of carboxylic acids is 1. The normalized spacial score (nSPS) is 18.4. The van der Waals surface area contributed by atoms with Crippen LogP contribution in [0.1, 0.15) is 10.4 Å². The third-order valence-corrected chi connectivity index (χ3v) is 2.98. The van der Waals surface area contributed by atoms with Crippen molar-refractivity contribution in [1.29, 1.82) is 5.26 Å². The molecule has 1 aromatic carbocycles. The molecule has 0 bridgehead atoms. The molecule has 104 valence electrons. The first kappa shape index (κ1) is 13.8. The van der Waals surface area contributed by atoms with E-state index in [1.807, 2.05) is 6.07 Å². The molecule has 0 amide bonds. The fourth-order valence-electron chi connectivity index (χ4n) is 2.01. The largest absolute Gasteiger partial charge is 0.477 e. The van der Waals surface area contributed by atoms with E-state index in [9.17, 15) is 14.9 Å². The number of nitro benzene ring substituents is 1. The lowest BCUT2D eigenvalue weighted by Crippen LogP contribution is -2.41. The SMILES string of the molecule is N#CC1CN(c2ccc([N+](=O)[O-])c(C(=O)O)c2)CCO1. The van der Waals surface area contributed by atoms with Crippen LogP contribution in [0, 0.1) is 21.4 Å². The highest BCUT2D eigenvalue weighted by Crippen LogP contribution is 2.26. The van der Waals surface area contributed by atoms with Gasteiger partial charge in [0.1, 0.15) is 5.56 Å². The molecule has 0 aromatic heterocycles. The van der Waals surface area contributed by atoms with Crippen molar-refractivity contribution in [2.75, 3.05) is 24.6 Å². The molecule has 1 fully saturated rings. The molecule has 1 aromatic rings. The van der Waals surface area contributed by atoms with Crippen LogP contribution in [0.5, 0.6) is 0 Å². The highest BCUT2D eigenvalue weighted by molar-refractivity contribution is 5.93. The van der Waals surface area contributed by atoms with Gasteiger partial charge in [0.15, 0.2) is 6.10 Å². The van der Waals surface area contributed by atoms with Gasteiger partial charge in [-0.1, -0.05) is 0 Å². The van der Waals surface area contributed by atoms with Gasteiger partial charge in [-0.3, -0.25) is 10.1 Å². The fraction of sp³-hybridized carbons (Fsp3) is 0.333. The summed E-state index contributed by atoms with van der Waals surface area (Å²) in [4.78, 5) is 22.9. The van der Waals surface area contributed by atoms with Crippen molar-refractivity contribution >= 4 is 17.3 Å². The molecule has 1 saturated heterocycles. The monoisotopic (exact) mass is 277 g/mol. The third-order valence-electron chi connectivity index (χ3n) is 2.98. The van der Waals surface area contributed by atoms with Gasteiger partial charge >= 0.3 is 5.97 Å². The average Bonchev–Trinajstić information content (AvgIpc) is 2.46. The number of benzene rings is 1. The predicted molar refractivity (Wildman–Crippen MR) is 67.6 cm³/mol. The maximum Gasteiger partial charge on any atom is 0.342 e. The van der Waals surface area contributed by atoms with Crippen molar-refractivity contribution < 1.29 is 19.6 Å². The van der Waals surface area contributed by atoms with Gasteiger partial charge < -0.3 is 14.7 Å². The van der Waals surface area contributed by atoms with Crippen LogP contribution in [0.15, 0.2) is 18.2 Å². The lowest BCUT2D eigenvalue weighted by Gasteiger charge is -2.31. The predicted octanol–water partition coefficient (Wildman–Crippen LogP) is 1.02. The number of ether oxygens (including phenoxy) is 1. The van der Waals surface area contributed by atoms with Crippen molar-refractivity contribution in [2.24, 2.45) is 0 Å². The van der Waals surface area contributed by atoms with E-state index in [2.05, 4.69) is 0 Å². The number of nitro groups is 1. The summed E-state index contributed by atoms with van der Waals surface area (Å²) >= 11 is 0. The van der Waals surface area contributed by atoms with Crippen LogP contribution < -0.4 is 4.90 Å². The number of aromatic carboxylic acids is 1. The van der Waals surface area contributed by atoms with Crippen LogP contribution in [0.4, 0.5) is 11.4 Å². The molecule has 8 heteroatoms. The highest BCUT2D eigenvalue weighted by atomic mass is 16.6. The summed E-state index contributed by atoms with van der Waals surface area (Å²) in [5.41, 5.74) is -0.296. The van der Waals surface area contributed by atoms with Crippen molar-refractivity contribution in [3.63, 3.8) is 0 Å². The van der Waals surface area contributed by atoms with E-state index in [0.717, 1.165) is 6.07 Å². The number of rotatable bonds is 3. The minimum Gasteiger partial charge on any atom is -0.477 e. The number of carbonyl (C=O) groups is 1. The maximum absolute atomic E-state index is 11.1. The van der Waals surface area contributed by atoms with E-state index < -0.39 is 22.7 Å². The molecule has 0 aliphatic carbocycles. The summed E-state index contributed by atoms with van der Waals surface area (Å²) in [6.45, 7) is 1.14. The molecule has 1 N–H and O–H groups in total. The lowest BCUT2D eigenvalue weighted by atomic mass is 10.1. The molecule has 20 heavy (non-hydrogen) atoms. The Morgan fingerprint density at radius 3 is 2.95 bits per heavy atom. The van der Waals surface area contributed by atoms with Crippen molar-refractivity contribution in [1.82, 2.24) is 0 Å². The summed E-state index contributed by atoms with van der Waals surface area (Å²) in [5, 5.41) is 28.6. The number of hydrogen-bond acceptors (Lipinski definition) is 6. The Labute approximate surface area is 113 Å². The Hall–Kier alpha value is -2.66. The summed E-state index contributed by atoms with van der Waals surface area (Å²) in [7, 11) is 0. The highest BCUT2D eigenvalue weighted by Gasteiger charge is 2.24. The van der Waals surface area contributed by atoms with Crippen molar-refractivity contribution in [3.05, 3.63) is 33.9 Å². The van der Waals surface area contributed by atoms with E-state index in [4.69, 9.17) is 15.1 Å². The molecule has 1 heterocycles. The molecule has 8 nitrogen and oxygen atoms in total. The summed E-state index contributed by atoms with van der Waals surface area (Å²) < 4.78 is 5.19. The number of carboxylic acid groups (broad SMARTS) is 1. The Kier molecular flexibility index (Phi) is 3.81. The first-order chi connectivity index (χ1) is 9.52. The van der Waals surface area contributed by atoms with Gasteiger partial charge in [0, 0.05) is 18.3 Å². The maximum atomic E-state index is 11.1. The Bertz CT molecular complexity index is 595. The van der Waals surface area contributed by atoms with Gasteiger partial charge in [-0.2, -0.15) is 5.26 Å². The Morgan fingerprint density at radius 1 is 1.60 bits per heavy atom. The number of anilines is 1. The Balaban J connectivity index is 2.34. The topological polar surface area (TPSA) is 117 Å². The molecular weight excluding hydrogens is 266 g/mol. The van der Waals surface area contributed by atoms with Crippen LogP contribution in [0.25, 0.3) is 0 Å². The van der Waals surface area contributed by atoms with E-state index in [0.29, 0.717) is 25.4 Å². The van der Waals surface area contributed by atoms with Gasteiger partial charge in [-0.15, -0.1) is 0 Å². The van der Waals surface area contributed by atoms with E-state index in [1.165, 1.54) is 12.1 Å². The zero-order valence-corrected chi connectivity index (χ0v) is 10.4. The minimum absolute atomic E-state index is 0.299. The molecule has 0 radical (unpaired) electrons. The number of nitriles is 1. The van der Waals surface area contributed by atoms with E-state index in [1.54, 1.807) is 4.90 Å².